The van der Waals surface area contributed by atoms with E-state index in [4.69, 9.17) is 0 Å². The van der Waals surface area contributed by atoms with E-state index in [9.17, 15) is 4.79 Å². The minimum atomic E-state index is -0.0422. The van der Waals surface area contributed by atoms with Gasteiger partial charge in [-0.2, -0.15) is 0 Å². The van der Waals surface area contributed by atoms with E-state index in [-0.39, 0.29) is 11.3 Å². The van der Waals surface area contributed by atoms with Crippen molar-refractivity contribution in [1.82, 2.24) is 5.32 Å². The lowest BCUT2D eigenvalue weighted by Gasteiger charge is -2.33. The van der Waals surface area contributed by atoms with Crippen LogP contribution in [0, 0.1) is 11.3 Å². The molecule has 0 aliphatic carbocycles. The van der Waals surface area contributed by atoms with Gasteiger partial charge in [0.25, 0.3) is 0 Å². The summed E-state index contributed by atoms with van der Waals surface area (Å²) in [6, 6.07) is 0. The molecule has 1 aliphatic heterocycles. The molecule has 0 atom stereocenters. The van der Waals surface area contributed by atoms with Crippen molar-refractivity contribution < 1.29 is 4.79 Å². The highest BCUT2D eigenvalue weighted by atomic mass is 16.1. The first-order valence-electron chi connectivity index (χ1n) is 5.81. The third-order valence-corrected chi connectivity index (χ3v) is 2.83. The Labute approximate surface area is 88.5 Å². The fourth-order valence-corrected chi connectivity index (χ4v) is 1.92. The Bertz CT molecular complexity index is 169. The SMILES string of the molecule is CC.CC(C)C(=O)C1(C)CCNCC1. The lowest BCUT2D eigenvalue weighted by Crippen LogP contribution is -2.41. The van der Waals surface area contributed by atoms with E-state index in [2.05, 4.69) is 12.2 Å². The summed E-state index contributed by atoms with van der Waals surface area (Å²) in [5.41, 5.74) is -0.0422. The van der Waals surface area contributed by atoms with Crippen molar-refractivity contribution in [3.63, 3.8) is 0 Å². The average Bonchev–Trinajstić information content (AvgIpc) is 2.21. The van der Waals surface area contributed by atoms with Gasteiger partial charge in [0, 0.05) is 11.3 Å². The molecule has 0 radical (unpaired) electrons. The normalized spacial score (nSPS) is 19.9. The number of hydrogen-bond donors (Lipinski definition) is 1. The molecule has 0 unspecified atom stereocenters. The van der Waals surface area contributed by atoms with Crippen LogP contribution in [0.4, 0.5) is 0 Å². The highest BCUT2D eigenvalue weighted by Crippen LogP contribution is 2.31. The maximum absolute atomic E-state index is 11.8. The smallest absolute Gasteiger partial charge is 0.141 e. The largest absolute Gasteiger partial charge is 0.317 e. The van der Waals surface area contributed by atoms with Crippen LogP contribution in [0.5, 0.6) is 0 Å². The molecule has 0 aromatic rings. The summed E-state index contributed by atoms with van der Waals surface area (Å²) < 4.78 is 0. The third-order valence-electron chi connectivity index (χ3n) is 2.83. The van der Waals surface area contributed by atoms with Crippen molar-refractivity contribution in [3.05, 3.63) is 0 Å². The van der Waals surface area contributed by atoms with Gasteiger partial charge in [-0.15, -0.1) is 0 Å². The molecule has 1 fully saturated rings. The molecule has 0 spiro atoms. The number of carbonyl (C=O) groups is 1. The molecule has 1 saturated heterocycles. The molecule has 84 valence electrons. The van der Waals surface area contributed by atoms with Crippen molar-refractivity contribution in [2.45, 2.75) is 47.5 Å². The first kappa shape index (κ1) is 13.6. The van der Waals surface area contributed by atoms with Crippen molar-refractivity contribution >= 4 is 5.78 Å². The Morgan fingerprint density at radius 3 is 2.00 bits per heavy atom. The maximum atomic E-state index is 11.8. The summed E-state index contributed by atoms with van der Waals surface area (Å²) in [4.78, 5) is 11.8. The summed E-state index contributed by atoms with van der Waals surface area (Å²) in [6.45, 7) is 12.1. The van der Waals surface area contributed by atoms with Crippen molar-refractivity contribution in [2.75, 3.05) is 13.1 Å². The number of rotatable bonds is 2. The molecular formula is C12H25NO. The van der Waals surface area contributed by atoms with E-state index in [0.29, 0.717) is 5.78 Å². The van der Waals surface area contributed by atoms with Crippen molar-refractivity contribution in [1.29, 1.82) is 0 Å². The van der Waals surface area contributed by atoms with Crippen LogP contribution in [0.15, 0.2) is 0 Å². The van der Waals surface area contributed by atoms with Crippen LogP contribution >= 0.6 is 0 Å². The van der Waals surface area contributed by atoms with Gasteiger partial charge >= 0.3 is 0 Å². The molecule has 2 heteroatoms. The van der Waals surface area contributed by atoms with E-state index >= 15 is 0 Å². The topological polar surface area (TPSA) is 29.1 Å². The molecule has 0 bridgehead atoms. The Kier molecular flexibility index (Phi) is 6.01. The molecular weight excluding hydrogens is 174 g/mol. The molecule has 0 aromatic carbocycles. The van der Waals surface area contributed by atoms with E-state index in [0.717, 1.165) is 25.9 Å². The van der Waals surface area contributed by atoms with Gasteiger partial charge in [0.05, 0.1) is 0 Å². The van der Waals surface area contributed by atoms with Gasteiger partial charge in [0.15, 0.2) is 0 Å². The van der Waals surface area contributed by atoms with Crippen LogP contribution in [-0.2, 0) is 4.79 Å². The predicted octanol–water partition coefficient (Wildman–Crippen LogP) is 2.63. The molecule has 0 amide bonds. The minimum absolute atomic E-state index is 0.0422. The zero-order valence-electron chi connectivity index (χ0n) is 10.3. The van der Waals surface area contributed by atoms with Crippen LogP contribution in [0.2, 0.25) is 0 Å². The standard InChI is InChI=1S/C10H19NO.C2H6/c1-8(2)9(12)10(3)4-6-11-7-5-10;1-2/h8,11H,4-7H2,1-3H3;1-2H3. The van der Waals surface area contributed by atoms with Crippen molar-refractivity contribution in [3.8, 4) is 0 Å². The molecule has 0 aromatic heterocycles. The quantitative estimate of drug-likeness (QED) is 0.740. The van der Waals surface area contributed by atoms with Crippen molar-refractivity contribution in [2.24, 2.45) is 11.3 Å². The number of ketones is 1. The monoisotopic (exact) mass is 199 g/mol. The average molecular weight is 199 g/mol. The number of carbonyl (C=O) groups excluding carboxylic acids is 1. The van der Waals surface area contributed by atoms with Crippen LogP contribution in [0.25, 0.3) is 0 Å². The van der Waals surface area contributed by atoms with E-state index < -0.39 is 0 Å². The van der Waals surface area contributed by atoms with Crippen LogP contribution in [0.1, 0.15) is 47.5 Å². The van der Waals surface area contributed by atoms with Gasteiger partial charge in [0.2, 0.25) is 0 Å². The van der Waals surface area contributed by atoms with Crippen LogP contribution < -0.4 is 5.32 Å². The highest BCUT2D eigenvalue weighted by molar-refractivity contribution is 5.86. The summed E-state index contributed by atoms with van der Waals surface area (Å²) in [7, 11) is 0. The van der Waals surface area contributed by atoms with Gasteiger partial charge in [-0.05, 0) is 25.9 Å². The van der Waals surface area contributed by atoms with Gasteiger partial charge in [-0.1, -0.05) is 34.6 Å². The van der Waals surface area contributed by atoms with Gasteiger partial charge in [-0.25, -0.2) is 0 Å². The molecule has 1 aliphatic rings. The van der Waals surface area contributed by atoms with Crippen LogP contribution in [0.3, 0.4) is 0 Å². The number of piperidine rings is 1. The van der Waals surface area contributed by atoms with Gasteiger partial charge in [-0.3, -0.25) is 4.79 Å². The summed E-state index contributed by atoms with van der Waals surface area (Å²) >= 11 is 0. The van der Waals surface area contributed by atoms with E-state index in [1.54, 1.807) is 0 Å². The fourth-order valence-electron chi connectivity index (χ4n) is 1.92. The fraction of sp³-hybridized carbons (Fsp3) is 0.917. The molecule has 1 N–H and O–H groups in total. The molecule has 1 heterocycles. The zero-order valence-corrected chi connectivity index (χ0v) is 10.3. The molecule has 0 saturated carbocycles. The highest BCUT2D eigenvalue weighted by Gasteiger charge is 2.35. The van der Waals surface area contributed by atoms with Gasteiger partial charge < -0.3 is 5.32 Å². The maximum Gasteiger partial charge on any atom is 0.141 e. The van der Waals surface area contributed by atoms with Crippen LogP contribution in [-0.4, -0.2) is 18.9 Å². The lowest BCUT2D eigenvalue weighted by atomic mass is 9.74. The first-order valence-corrected chi connectivity index (χ1v) is 5.81. The van der Waals surface area contributed by atoms with E-state index in [1.807, 2.05) is 27.7 Å². The Morgan fingerprint density at radius 2 is 1.64 bits per heavy atom. The molecule has 14 heavy (non-hydrogen) atoms. The molecule has 2 nitrogen and oxygen atoms in total. The Hall–Kier alpha value is -0.370. The second-order valence-electron chi connectivity index (χ2n) is 4.33. The Balaban J connectivity index is 0.000000791. The van der Waals surface area contributed by atoms with E-state index in [1.165, 1.54) is 0 Å². The number of Topliss-reactive ketones (excluding diaryl/α,β-unsaturated/α-hetero) is 1. The minimum Gasteiger partial charge on any atom is -0.317 e. The zero-order chi connectivity index (χ0) is 11.2. The first-order chi connectivity index (χ1) is 6.56. The Morgan fingerprint density at radius 1 is 1.21 bits per heavy atom. The number of hydrogen-bond acceptors (Lipinski definition) is 2. The van der Waals surface area contributed by atoms with Gasteiger partial charge in [0.1, 0.15) is 5.78 Å². The number of nitrogens with one attached hydrogen (secondary N) is 1. The lowest BCUT2D eigenvalue weighted by molar-refractivity contribution is -0.132. The second kappa shape index (κ2) is 6.18. The second-order valence-corrected chi connectivity index (χ2v) is 4.33. The summed E-state index contributed by atoms with van der Waals surface area (Å²) in [5, 5.41) is 3.28. The summed E-state index contributed by atoms with van der Waals surface area (Å²) in [5.74, 6) is 0.622. The molecule has 1 rings (SSSR count). The third kappa shape index (κ3) is 3.41. The predicted molar refractivity (Wildman–Crippen MR) is 61.4 cm³/mol. The summed E-state index contributed by atoms with van der Waals surface area (Å²) in [6.07, 6.45) is 2.01.